The molecule has 0 N–H and O–H groups in total. The van der Waals surface area contributed by atoms with Gasteiger partial charge in [0, 0.05) is 25.8 Å². The number of carbonyl (C=O) groups is 3. The zero-order valence-corrected chi connectivity index (χ0v) is 16.7. The van der Waals surface area contributed by atoms with Crippen LogP contribution in [-0.4, -0.2) is 59.1 Å². The van der Waals surface area contributed by atoms with Crippen molar-refractivity contribution in [3.63, 3.8) is 0 Å². The molecule has 2 fully saturated rings. The first-order valence-electron chi connectivity index (χ1n) is 9.25. The Hall–Kier alpha value is -1.96. The first-order valence-corrected chi connectivity index (χ1v) is 10.3. The molecule has 2 aliphatic rings. The van der Waals surface area contributed by atoms with Crippen molar-refractivity contribution in [1.29, 1.82) is 0 Å². The molecule has 0 unspecified atom stereocenters. The number of ether oxygens (including phenoxy) is 1. The normalized spacial score (nSPS) is 28.3. The van der Waals surface area contributed by atoms with E-state index >= 15 is 0 Å². The summed E-state index contributed by atoms with van der Waals surface area (Å²) in [5.41, 5.74) is 0. The lowest BCUT2D eigenvalue weighted by atomic mass is 9.92. The number of piperidine rings is 1. The predicted octanol–water partition coefficient (Wildman–Crippen LogP) is 2.29. The molecule has 148 valence electrons. The van der Waals surface area contributed by atoms with Gasteiger partial charge in [-0.2, -0.15) is 0 Å². The van der Waals surface area contributed by atoms with E-state index in [1.807, 2.05) is 0 Å². The summed E-state index contributed by atoms with van der Waals surface area (Å²) in [5.74, 6) is 0.980. The number of nitrogens with zero attached hydrogens (tertiary/aromatic N) is 2. The number of likely N-dealkylation sites (tertiary alicyclic amines) is 1. The van der Waals surface area contributed by atoms with Gasteiger partial charge in [0.05, 0.1) is 6.26 Å². The Morgan fingerprint density at radius 2 is 1.96 bits per heavy atom. The fourth-order valence-electron chi connectivity index (χ4n) is 3.91. The fraction of sp³-hybridized carbons (Fsp3) is 0.632. The molecule has 0 bridgehead atoms. The highest BCUT2D eigenvalue weighted by Gasteiger charge is 2.43. The largest absolute Gasteiger partial charge is 0.466 e. The molecule has 3 heterocycles. The van der Waals surface area contributed by atoms with Gasteiger partial charge in [0.25, 0.3) is 5.91 Å². The minimum absolute atomic E-state index is 0.177. The van der Waals surface area contributed by atoms with Gasteiger partial charge < -0.3 is 19.0 Å². The molecule has 1 aromatic rings. The number of hydrogen-bond donors (Lipinski definition) is 0. The highest BCUT2D eigenvalue weighted by Crippen LogP contribution is 2.41. The van der Waals surface area contributed by atoms with Gasteiger partial charge in [-0.05, 0) is 30.4 Å². The molecule has 4 atom stereocenters. The maximum absolute atomic E-state index is 12.6. The standard InChI is InChI=1S/C19H26N2O5S/c1-12-7-13(2)9-20(8-12)17(23)10-26-19(24)15-11-27-18(21(15)14(3)22)16-5-4-6-25-16/h4-6,12-13,15,18H,7-11H2,1-3H3/t12-,13-,15+,18-/m1/s1. The molecule has 0 radical (unpaired) electrons. The summed E-state index contributed by atoms with van der Waals surface area (Å²) in [4.78, 5) is 40.3. The molecular formula is C19H26N2O5S. The lowest BCUT2D eigenvalue weighted by molar-refractivity contribution is -0.159. The molecule has 2 aliphatic heterocycles. The van der Waals surface area contributed by atoms with E-state index in [4.69, 9.17) is 9.15 Å². The van der Waals surface area contributed by atoms with E-state index in [2.05, 4.69) is 13.8 Å². The van der Waals surface area contributed by atoms with E-state index in [0.29, 0.717) is 36.4 Å². The summed E-state index contributed by atoms with van der Waals surface area (Å²) in [6.45, 7) is 6.77. The molecule has 7 nitrogen and oxygen atoms in total. The van der Waals surface area contributed by atoms with E-state index in [-0.39, 0.29) is 23.8 Å². The maximum atomic E-state index is 12.6. The van der Waals surface area contributed by atoms with Crippen LogP contribution in [0.25, 0.3) is 0 Å². The Bertz CT molecular complexity index is 682. The predicted molar refractivity (Wildman–Crippen MR) is 101 cm³/mol. The molecule has 0 aromatic carbocycles. The van der Waals surface area contributed by atoms with E-state index < -0.39 is 12.0 Å². The fourth-order valence-corrected chi connectivity index (χ4v) is 5.33. The Labute approximate surface area is 163 Å². The van der Waals surface area contributed by atoms with Crippen molar-refractivity contribution in [3.8, 4) is 0 Å². The Morgan fingerprint density at radius 3 is 2.56 bits per heavy atom. The van der Waals surface area contributed by atoms with Crippen LogP contribution in [0.5, 0.6) is 0 Å². The number of amides is 2. The molecule has 2 amide bonds. The Kier molecular flexibility index (Phi) is 6.14. The second kappa shape index (κ2) is 8.37. The Balaban J connectivity index is 1.58. The van der Waals surface area contributed by atoms with Gasteiger partial charge in [0.2, 0.25) is 5.91 Å². The van der Waals surface area contributed by atoms with Crippen molar-refractivity contribution in [1.82, 2.24) is 9.80 Å². The van der Waals surface area contributed by atoms with Crippen LogP contribution in [0.2, 0.25) is 0 Å². The van der Waals surface area contributed by atoms with E-state index in [1.165, 1.54) is 23.6 Å². The van der Waals surface area contributed by atoms with E-state index in [1.54, 1.807) is 23.3 Å². The van der Waals surface area contributed by atoms with Crippen molar-refractivity contribution in [2.24, 2.45) is 11.8 Å². The van der Waals surface area contributed by atoms with Gasteiger partial charge >= 0.3 is 5.97 Å². The van der Waals surface area contributed by atoms with Gasteiger partial charge in [-0.1, -0.05) is 13.8 Å². The summed E-state index contributed by atoms with van der Waals surface area (Å²) in [5, 5.41) is -0.352. The minimum Gasteiger partial charge on any atom is -0.466 e. The summed E-state index contributed by atoms with van der Waals surface area (Å²) in [6, 6.07) is 2.82. The van der Waals surface area contributed by atoms with Crippen molar-refractivity contribution >= 4 is 29.5 Å². The Morgan fingerprint density at radius 1 is 1.26 bits per heavy atom. The van der Waals surface area contributed by atoms with Gasteiger partial charge in [-0.25, -0.2) is 4.79 Å². The van der Waals surface area contributed by atoms with Gasteiger partial charge in [-0.15, -0.1) is 11.8 Å². The van der Waals surface area contributed by atoms with E-state index in [9.17, 15) is 14.4 Å². The van der Waals surface area contributed by atoms with Crippen LogP contribution in [-0.2, 0) is 19.1 Å². The molecule has 3 rings (SSSR count). The molecular weight excluding hydrogens is 368 g/mol. The number of hydrogen-bond acceptors (Lipinski definition) is 6. The zero-order valence-electron chi connectivity index (χ0n) is 15.9. The molecule has 0 spiro atoms. The number of rotatable bonds is 4. The van der Waals surface area contributed by atoms with Crippen LogP contribution in [0.3, 0.4) is 0 Å². The molecule has 0 saturated carbocycles. The maximum Gasteiger partial charge on any atom is 0.330 e. The third kappa shape index (κ3) is 4.48. The highest BCUT2D eigenvalue weighted by atomic mass is 32.2. The van der Waals surface area contributed by atoms with Crippen LogP contribution in [0.15, 0.2) is 22.8 Å². The van der Waals surface area contributed by atoms with Crippen LogP contribution in [0.4, 0.5) is 0 Å². The lowest BCUT2D eigenvalue weighted by Crippen LogP contribution is -2.46. The van der Waals surface area contributed by atoms with Gasteiger partial charge in [0.1, 0.15) is 17.2 Å². The molecule has 0 aliphatic carbocycles. The third-order valence-electron chi connectivity index (χ3n) is 4.98. The van der Waals surface area contributed by atoms with Crippen LogP contribution < -0.4 is 0 Å². The number of furan rings is 1. The van der Waals surface area contributed by atoms with Crippen LogP contribution in [0.1, 0.15) is 38.3 Å². The number of thioether (sulfide) groups is 1. The second-order valence-electron chi connectivity index (χ2n) is 7.50. The third-order valence-corrected chi connectivity index (χ3v) is 6.27. The highest BCUT2D eigenvalue weighted by molar-refractivity contribution is 7.99. The zero-order chi connectivity index (χ0) is 19.6. The van der Waals surface area contributed by atoms with Crippen molar-refractivity contribution in [2.75, 3.05) is 25.4 Å². The lowest BCUT2D eigenvalue weighted by Gasteiger charge is -2.35. The van der Waals surface area contributed by atoms with Crippen LogP contribution >= 0.6 is 11.8 Å². The SMILES string of the molecule is CC(=O)N1[C@@H](c2ccco2)SC[C@H]1C(=O)OCC(=O)N1C[C@H](C)C[C@@H](C)C1. The summed E-state index contributed by atoms with van der Waals surface area (Å²) >= 11 is 1.45. The van der Waals surface area contributed by atoms with E-state index in [0.717, 1.165) is 6.42 Å². The first kappa shape index (κ1) is 19.8. The second-order valence-corrected chi connectivity index (χ2v) is 8.61. The van der Waals surface area contributed by atoms with Crippen molar-refractivity contribution in [2.45, 2.75) is 38.6 Å². The molecule has 27 heavy (non-hydrogen) atoms. The molecule has 8 heteroatoms. The van der Waals surface area contributed by atoms with Gasteiger partial charge in [0.15, 0.2) is 6.61 Å². The van der Waals surface area contributed by atoms with Crippen molar-refractivity contribution in [3.05, 3.63) is 24.2 Å². The topological polar surface area (TPSA) is 80.1 Å². The van der Waals surface area contributed by atoms with Gasteiger partial charge in [-0.3, -0.25) is 9.59 Å². The first-order chi connectivity index (χ1) is 12.9. The van der Waals surface area contributed by atoms with Crippen molar-refractivity contribution < 1.29 is 23.5 Å². The molecule has 1 aromatic heterocycles. The average molecular weight is 394 g/mol. The number of esters is 1. The summed E-state index contributed by atoms with van der Waals surface area (Å²) in [7, 11) is 0. The number of carbonyl (C=O) groups excluding carboxylic acids is 3. The smallest absolute Gasteiger partial charge is 0.330 e. The minimum atomic E-state index is -0.713. The summed E-state index contributed by atoms with van der Waals surface area (Å²) < 4.78 is 10.7. The molecule has 2 saturated heterocycles. The quantitative estimate of drug-likeness (QED) is 0.729. The van der Waals surface area contributed by atoms with Crippen LogP contribution in [0, 0.1) is 11.8 Å². The monoisotopic (exact) mass is 394 g/mol. The average Bonchev–Trinajstić information content (AvgIpc) is 3.27. The summed E-state index contributed by atoms with van der Waals surface area (Å²) in [6.07, 6.45) is 2.64.